The topological polar surface area (TPSA) is 27.1 Å². The Kier molecular flexibility index (Phi) is 6.38. The van der Waals surface area contributed by atoms with E-state index in [0.29, 0.717) is 21.7 Å². The first-order chi connectivity index (χ1) is 12.1. The van der Waals surface area contributed by atoms with E-state index in [9.17, 15) is 0 Å². The van der Waals surface area contributed by atoms with Crippen LogP contribution >= 0.6 is 34.8 Å². The summed E-state index contributed by atoms with van der Waals surface area (Å²) in [6.07, 6.45) is 6.10. The van der Waals surface area contributed by atoms with Gasteiger partial charge in [0.05, 0.1) is 19.0 Å². The molecule has 0 bridgehead atoms. The average molecular weight is 396 g/mol. The lowest BCUT2D eigenvalue weighted by Gasteiger charge is -2.20. The van der Waals surface area contributed by atoms with Crippen molar-refractivity contribution in [3.8, 4) is 0 Å². The van der Waals surface area contributed by atoms with Gasteiger partial charge in [0.15, 0.2) is 0 Å². The van der Waals surface area contributed by atoms with Gasteiger partial charge in [-0.2, -0.15) is 0 Å². The van der Waals surface area contributed by atoms with Crippen molar-refractivity contribution >= 4 is 34.8 Å². The Morgan fingerprint density at radius 1 is 1.00 bits per heavy atom. The summed E-state index contributed by atoms with van der Waals surface area (Å²) in [6, 6.07) is 13.1. The molecule has 0 aliphatic carbocycles. The summed E-state index contributed by atoms with van der Waals surface area (Å²) in [5, 5.41) is 1.93. The number of aromatic nitrogens is 2. The van der Waals surface area contributed by atoms with Crippen molar-refractivity contribution in [2.24, 2.45) is 0 Å². The van der Waals surface area contributed by atoms with Crippen molar-refractivity contribution < 1.29 is 4.74 Å². The molecule has 0 radical (unpaired) electrons. The van der Waals surface area contributed by atoms with Gasteiger partial charge >= 0.3 is 0 Å². The Morgan fingerprint density at radius 3 is 2.44 bits per heavy atom. The molecule has 0 saturated heterocycles. The number of aryl methyl sites for hydroxylation is 1. The van der Waals surface area contributed by atoms with Crippen LogP contribution in [0.2, 0.25) is 15.1 Å². The van der Waals surface area contributed by atoms with E-state index in [4.69, 9.17) is 39.5 Å². The highest BCUT2D eigenvalue weighted by molar-refractivity contribution is 6.35. The summed E-state index contributed by atoms with van der Waals surface area (Å²) < 4.78 is 8.19. The molecule has 6 heteroatoms. The van der Waals surface area contributed by atoms with Crippen LogP contribution in [-0.4, -0.2) is 9.55 Å². The third-order valence-corrected chi connectivity index (χ3v) is 4.70. The molecule has 1 unspecified atom stereocenters. The van der Waals surface area contributed by atoms with Gasteiger partial charge in [0, 0.05) is 34.0 Å². The fraction of sp³-hybridized carbons (Fsp3) is 0.211. The first-order valence-corrected chi connectivity index (χ1v) is 9.02. The van der Waals surface area contributed by atoms with Gasteiger partial charge in [-0.25, -0.2) is 4.98 Å². The Bertz CT molecular complexity index is 804. The second-order valence-electron chi connectivity index (χ2n) is 5.68. The molecule has 0 saturated carbocycles. The van der Waals surface area contributed by atoms with Crippen LogP contribution in [0, 0.1) is 0 Å². The molecule has 2 aromatic carbocycles. The summed E-state index contributed by atoms with van der Waals surface area (Å²) in [7, 11) is 0. The van der Waals surface area contributed by atoms with E-state index in [1.54, 1.807) is 18.6 Å². The van der Waals surface area contributed by atoms with Gasteiger partial charge in [-0.1, -0.05) is 53.0 Å². The minimum atomic E-state index is -0.150. The number of rotatable bonds is 7. The zero-order chi connectivity index (χ0) is 17.6. The highest BCUT2D eigenvalue weighted by Gasteiger charge is 2.16. The van der Waals surface area contributed by atoms with Crippen molar-refractivity contribution in [3.63, 3.8) is 0 Å². The van der Waals surface area contributed by atoms with E-state index in [1.807, 2.05) is 47.2 Å². The maximum absolute atomic E-state index is 6.39. The smallest absolute Gasteiger partial charge is 0.0945 e. The molecule has 0 aliphatic heterocycles. The van der Waals surface area contributed by atoms with Gasteiger partial charge in [0.2, 0.25) is 0 Å². The van der Waals surface area contributed by atoms with Gasteiger partial charge in [-0.05, 0) is 41.8 Å². The average Bonchev–Trinajstić information content (AvgIpc) is 3.11. The third kappa shape index (κ3) is 5.23. The van der Waals surface area contributed by atoms with Crippen LogP contribution < -0.4 is 0 Å². The first kappa shape index (κ1) is 18.3. The number of hydrogen-bond donors (Lipinski definition) is 0. The molecular formula is C19H17Cl3N2O. The fourth-order valence-electron chi connectivity index (χ4n) is 2.55. The zero-order valence-corrected chi connectivity index (χ0v) is 15.7. The summed E-state index contributed by atoms with van der Waals surface area (Å²) in [4.78, 5) is 4.07. The second-order valence-corrected chi connectivity index (χ2v) is 6.96. The molecule has 0 aliphatic rings. The molecule has 1 heterocycles. The van der Waals surface area contributed by atoms with Crippen molar-refractivity contribution in [1.29, 1.82) is 0 Å². The summed E-state index contributed by atoms with van der Waals surface area (Å²) in [5.74, 6) is 0. The summed E-state index contributed by atoms with van der Waals surface area (Å²) in [5.41, 5.74) is 1.99. The number of hydrogen-bond acceptors (Lipinski definition) is 2. The second kappa shape index (κ2) is 8.72. The summed E-state index contributed by atoms with van der Waals surface area (Å²) >= 11 is 18.3. The molecule has 1 atom stereocenters. The standard InChI is InChI=1S/C19H17Cl3N2O/c20-15-3-1-14(2-4-15)12-25-19(7-9-24-10-8-23-13-24)17-6-5-16(21)11-18(17)22/h1-6,8,10-11,13,19H,7,9,12H2. The van der Waals surface area contributed by atoms with Crippen LogP contribution in [0.5, 0.6) is 0 Å². The SMILES string of the molecule is Clc1ccc(COC(CCn2ccnc2)c2ccc(Cl)cc2Cl)cc1. The zero-order valence-electron chi connectivity index (χ0n) is 13.4. The van der Waals surface area contributed by atoms with Crippen LogP contribution in [0.15, 0.2) is 61.2 Å². The molecule has 0 fully saturated rings. The molecule has 25 heavy (non-hydrogen) atoms. The van der Waals surface area contributed by atoms with Crippen molar-refractivity contribution in [3.05, 3.63) is 87.4 Å². The largest absolute Gasteiger partial charge is 0.369 e. The van der Waals surface area contributed by atoms with E-state index in [-0.39, 0.29) is 6.10 Å². The lowest BCUT2D eigenvalue weighted by atomic mass is 10.1. The maximum atomic E-state index is 6.39. The summed E-state index contributed by atoms with van der Waals surface area (Å²) in [6.45, 7) is 1.26. The minimum absolute atomic E-state index is 0.150. The Labute approximate surface area is 162 Å². The molecule has 0 spiro atoms. The number of halogens is 3. The van der Waals surface area contributed by atoms with Crippen LogP contribution in [0.1, 0.15) is 23.7 Å². The molecule has 130 valence electrons. The molecule has 1 aromatic heterocycles. The van der Waals surface area contributed by atoms with Gasteiger partial charge in [0.25, 0.3) is 0 Å². The van der Waals surface area contributed by atoms with Gasteiger partial charge in [-0.3, -0.25) is 0 Å². The van der Waals surface area contributed by atoms with Gasteiger partial charge in [0.1, 0.15) is 0 Å². The number of benzene rings is 2. The van der Waals surface area contributed by atoms with Gasteiger partial charge in [-0.15, -0.1) is 0 Å². The predicted molar refractivity (Wildman–Crippen MR) is 102 cm³/mol. The molecular weight excluding hydrogens is 379 g/mol. The molecule has 0 N–H and O–H groups in total. The predicted octanol–water partition coefficient (Wildman–Crippen LogP) is 6.19. The molecule has 0 amide bonds. The van der Waals surface area contributed by atoms with E-state index < -0.39 is 0 Å². The lowest BCUT2D eigenvalue weighted by molar-refractivity contribution is 0.0311. The molecule has 3 aromatic rings. The van der Waals surface area contributed by atoms with Gasteiger partial charge < -0.3 is 9.30 Å². The number of nitrogens with zero attached hydrogens (tertiary/aromatic N) is 2. The first-order valence-electron chi connectivity index (χ1n) is 7.88. The Morgan fingerprint density at radius 2 is 1.76 bits per heavy atom. The van der Waals surface area contributed by atoms with Crippen molar-refractivity contribution in [1.82, 2.24) is 9.55 Å². The van der Waals surface area contributed by atoms with E-state index in [2.05, 4.69) is 4.98 Å². The monoisotopic (exact) mass is 394 g/mol. The van der Waals surface area contributed by atoms with Crippen molar-refractivity contribution in [2.75, 3.05) is 0 Å². The van der Waals surface area contributed by atoms with Crippen LogP contribution in [0.3, 0.4) is 0 Å². The number of imidazole rings is 1. The van der Waals surface area contributed by atoms with Crippen LogP contribution in [0.4, 0.5) is 0 Å². The third-order valence-electron chi connectivity index (χ3n) is 3.88. The molecule has 3 nitrogen and oxygen atoms in total. The minimum Gasteiger partial charge on any atom is -0.369 e. The Balaban J connectivity index is 1.74. The highest BCUT2D eigenvalue weighted by Crippen LogP contribution is 2.31. The lowest BCUT2D eigenvalue weighted by Crippen LogP contribution is -2.09. The highest BCUT2D eigenvalue weighted by atomic mass is 35.5. The van der Waals surface area contributed by atoms with Crippen LogP contribution in [-0.2, 0) is 17.9 Å². The van der Waals surface area contributed by atoms with Crippen molar-refractivity contribution in [2.45, 2.75) is 25.7 Å². The molecule has 3 rings (SSSR count). The number of ether oxygens (including phenoxy) is 1. The fourth-order valence-corrected chi connectivity index (χ4v) is 3.21. The quantitative estimate of drug-likeness (QED) is 0.477. The van der Waals surface area contributed by atoms with Crippen LogP contribution in [0.25, 0.3) is 0 Å². The Hall–Kier alpha value is -1.52. The van der Waals surface area contributed by atoms with E-state index in [1.165, 1.54) is 0 Å². The van der Waals surface area contributed by atoms with E-state index >= 15 is 0 Å². The maximum Gasteiger partial charge on any atom is 0.0945 e. The van der Waals surface area contributed by atoms with E-state index in [0.717, 1.165) is 24.1 Å². The normalized spacial score (nSPS) is 12.3.